The molecule has 1 aliphatic rings. The van der Waals surface area contributed by atoms with Crippen molar-refractivity contribution in [2.45, 2.75) is 39.3 Å². The summed E-state index contributed by atoms with van der Waals surface area (Å²) in [5, 5.41) is 12.0. The van der Waals surface area contributed by atoms with Crippen LogP contribution in [0.5, 0.6) is 5.75 Å². The molecule has 1 heterocycles. The van der Waals surface area contributed by atoms with Gasteiger partial charge in [-0.1, -0.05) is 11.6 Å². The third-order valence-corrected chi connectivity index (χ3v) is 3.03. The summed E-state index contributed by atoms with van der Waals surface area (Å²) in [7, 11) is 0. The predicted octanol–water partition coefficient (Wildman–Crippen LogP) is 2.65. The minimum atomic E-state index is -0.691. The lowest BCUT2D eigenvalue weighted by atomic mass is 9.95. The van der Waals surface area contributed by atoms with Crippen LogP contribution in [0.4, 0.5) is 4.79 Å². The highest BCUT2D eigenvalue weighted by molar-refractivity contribution is 5.70. The van der Waals surface area contributed by atoms with Crippen LogP contribution < -0.4 is 15.8 Å². The van der Waals surface area contributed by atoms with E-state index in [0.717, 1.165) is 5.56 Å². The number of amides is 1. The zero-order chi connectivity index (χ0) is 16.5. The standard InChI is InChI=1S/C16H19N3O3/c1-9-5-6-12-10(7-9)13(11(8-17)14(18)21-12)19-15(20)22-16(2,3)4/h5-7,13H,18H2,1-4H3,(H,19,20)/t13-/m1/s1. The van der Waals surface area contributed by atoms with Gasteiger partial charge in [-0.15, -0.1) is 0 Å². The molecule has 1 aromatic rings. The number of aryl methyl sites for hydroxylation is 1. The molecule has 2 rings (SSSR count). The number of carbonyl (C=O) groups excluding carboxylic acids is 1. The fourth-order valence-electron chi connectivity index (χ4n) is 2.15. The number of nitriles is 1. The van der Waals surface area contributed by atoms with Gasteiger partial charge in [-0.25, -0.2) is 4.79 Å². The first-order chi connectivity index (χ1) is 10.2. The second kappa shape index (κ2) is 5.60. The number of nitrogens with two attached hydrogens (primary N) is 1. The molecule has 0 saturated carbocycles. The van der Waals surface area contributed by atoms with Gasteiger partial charge in [0, 0.05) is 5.56 Å². The lowest BCUT2D eigenvalue weighted by Gasteiger charge is -2.28. The second-order valence-corrected chi connectivity index (χ2v) is 6.11. The Labute approximate surface area is 129 Å². The van der Waals surface area contributed by atoms with Crippen LogP contribution in [-0.4, -0.2) is 11.7 Å². The number of rotatable bonds is 1. The van der Waals surface area contributed by atoms with E-state index in [1.165, 1.54) is 0 Å². The molecule has 0 fully saturated rings. The highest BCUT2D eigenvalue weighted by Crippen LogP contribution is 2.36. The largest absolute Gasteiger partial charge is 0.444 e. The topological polar surface area (TPSA) is 97.4 Å². The molecule has 22 heavy (non-hydrogen) atoms. The smallest absolute Gasteiger partial charge is 0.408 e. The molecular formula is C16H19N3O3. The number of hydrogen-bond acceptors (Lipinski definition) is 5. The van der Waals surface area contributed by atoms with E-state index in [1.54, 1.807) is 26.8 Å². The van der Waals surface area contributed by atoms with Crippen LogP contribution in [0.2, 0.25) is 0 Å². The molecule has 1 aromatic carbocycles. The zero-order valence-corrected chi connectivity index (χ0v) is 13.1. The summed E-state index contributed by atoms with van der Waals surface area (Å²) in [6.07, 6.45) is -0.618. The second-order valence-electron chi connectivity index (χ2n) is 6.11. The minimum absolute atomic E-state index is 0.0140. The van der Waals surface area contributed by atoms with Gasteiger partial charge in [-0.2, -0.15) is 5.26 Å². The zero-order valence-electron chi connectivity index (χ0n) is 13.1. The van der Waals surface area contributed by atoms with Gasteiger partial charge >= 0.3 is 6.09 Å². The van der Waals surface area contributed by atoms with Crippen LogP contribution in [0.1, 0.15) is 37.9 Å². The van der Waals surface area contributed by atoms with Crippen LogP contribution in [0.15, 0.2) is 29.7 Å². The van der Waals surface area contributed by atoms with Crippen LogP contribution in [0.3, 0.4) is 0 Å². The Hall–Kier alpha value is -2.68. The summed E-state index contributed by atoms with van der Waals surface area (Å²) in [5.41, 5.74) is 6.96. The fraction of sp³-hybridized carbons (Fsp3) is 0.375. The summed E-state index contributed by atoms with van der Waals surface area (Å²) in [6, 6.07) is 6.78. The number of alkyl carbamates (subject to hydrolysis) is 1. The van der Waals surface area contributed by atoms with Crippen LogP contribution >= 0.6 is 0 Å². The number of carbonyl (C=O) groups is 1. The van der Waals surface area contributed by atoms with Crippen LogP contribution in [0.25, 0.3) is 0 Å². The van der Waals surface area contributed by atoms with Gasteiger partial charge in [0.25, 0.3) is 0 Å². The Bertz CT molecular complexity index is 681. The molecule has 116 valence electrons. The average Bonchev–Trinajstić information content (AvgIpc) is 2.37. The quantitative estimate of drug-likeness (QED) is 0.831. The maximum absolute atomic E-state index is 12.0. The van der Waals surface area contributed by atoms with E-state index >= 15 is 0 Å². The van der Waals surface area contributed by atoms with Crippen molar-refractivity contribution in [3.05, 3.63) is 40.8 Å². The SMILES string of the molecule is Cc1ccc2c(c1)[C@@H](NC(=O)OC(C)(C)C)C(C#N)=C(N)O2. The van der Waals surface area contributed by atoms with Crippen molar-refractivity contribution in [2.24, 2.45) is 5.73 Å². The summed E-state index contributed by atoms with van der Waals surface area (Å²) < 4.78 is 10.7. The Morgan fingerprint density at radius 3 is 2.73 bits per heavy atom. The third-order valence-electron chi connectivity index (χ3n) is 3.03. The van der Waals surface area contributed by atoms with Gasteiger partial charge in [-0.05, 0) is 39.8 Å². The number of nitrogens with zero attached hydrogens (tertiary/aromatic N) is 1. The Kier molecular flexibility index (Phi) is 4.00. The minimum Gasteiger partial charge on any atom is -0.444 e. The van der Waals surface area contributed by atoms with Crippen molar-refractivity contribution in [2.75, 3.05) is 0 Å². The van der Waals surface area contributed by atoms with E-state index < -0.39 is 17.7 Å². The number of nitrogens with one attached hydrogen (secondary N) is 1. The van der Waals surface area contributed by atoms with E-state index in [2.05, 4.69) is 5.32 Å². The maximum atomic E-state index is 12.0. The molecule has 3 N–H and O–H groups in total. The molecule has 0 unspecified atom stereocenters. The average molecular weight is 301 g/mol. The van der Waals surface area contributed by atoms with E-state index in [-0.39, 0.29) is 11.5 Å². The number of ether oxygens (including phenoxy) is 2. The maximum Gasteiger partial charge on any atom is 0.408 e. The van der Waals surface area contributed by atoms with Crippen LogP contribution in [-0.2, 0) is 4.74 Å². The van der Waals surface area contributed by atoms with E-state index in [4.69, 9.17) is 15.2 Å². The molecule has 1 amide bonds. The highest BCUT2D eigenvalue weighted by atomic mass is 16.6. The van der Waals surface area contributed by atoms with Gasteiger partial charge < -0.3 is 20.5 Å². The molecule has 1 aliphatic heterocycles. The van der Waals surface area contributed by atoms with Crippen molar-refractivity contribution >= 4 is 6.09 Å². The van der Waals surface area contributed by atoms with E-state index in [1.807, 2.05) is 25.1 Å². The first-order valence-corrected chi connectivity index (χ1v) is 6.89. The van der Waals surface area contributed by atoms with E-state index in [9.17, 15) is 10.1 Å². The molecule has 0 aliphatic carbocycles. The monoisotopic (exact) mass is 301 g/mol. The lowest BCUT2D eigenvalue weighted by molar-refractivity contribution is 0.0510. The first-order valence-electron chi connectivity index (χ1n) is 6.89. The molecule has 1 atom stereocenters. The summed E-state index contributed by atoms with van der Waals surface area (Å²) in [5.74, 6) is 0.503. The first kappa shape index (κ1) is 15.7. The Morgan fingerprint density at radius 2 is 2.14 bits per heavy atom. The molecule has 6 nitrogen and oxygen atoms in total. The molecule has 0 saturated heterocycles. The van der Waals surface area contributed by atoms with Crippen molar-refractivity contribution in [3.8, 4) is 11.8 Å². The van der Waals surface area contributed by atoms with Gasteiger partial charge in [-0.3, -0.25) is 0 Å². The van der Waals surface area contributed by atoms with Gasteiger partial charge in [0.05, 0.1) is 0 Å². The lowest BCUT2D eigenvalue weighted by Crippen LogP contribution is -2.37. The number of hydrogen-bond donors (Lipinski definition) is 2. The number of fused-ring (bicyclic) bond motifs is 1. The van der Waals surface area contributed by atoms with Crippen LogP contribution in [0, 0.1) is 18.3 Å². The molecular weight excluding hydrogens is 282 g/mol. The van der Waals surface area contributed by atoms with Gasteiger partial charge in [0.15, 0.2) is 0 Å². The molecule has 6 heteroatoms. The van der Waals surface area contributed by atoms with Crippen molar-refractivity contribution < 1.29 is 14.3 Å². The van der Waals surface area contributed by atoms with Crippen molar-refractivity contribution in [1.82, 2.24) is 5.32 Å². The predicted molar refractivity (Wildman–Crippen MR) is 80.7 cm³/mol. The molecule has 0 bridgehead atoms. The normalized spacial score (nSPS) is 17.1. The van der Waals surface area contributed by atoms with Crippen molar-refractivity contribution in [1.29, 1.82) is 5.26 Å². The van der Waals surface area contributed by atoms with Crippen molar-refractivity contribution in [3.63, 3.8) is 0 Å². The van der Waals surface area contributed by atoms with Gasteiger partial charge in [0.2, 0.25) is 5.88 Å². The van der Waals surface area contributed by atoms with Gasteiger partial charge in [0.1, 0.15) is 29.0 Å². The Morgan fingerprint density at radius 1 is 1.45 bits per heavy atom. The van der Waals surface area contributed by atoms with E-state index in [0.29, 0.717) is 11.3 Å². The third kappa shape index (κ3) is 3.31. The molecule has 0 radical (unpaired) electrons. The Balaban J connectivity index is 2.37. The molecule has 0 aromatic heterocycles. The summed E-state index contributed by atoms with van der Waals surface area (Å²) in [4.78, 5) is 12.0. The number of benzene rings is 1. The highest BCUT2D eigenvalue weighted by Gasteiger charge is 2.31. The summed E-state index contributed by atoms with van der Waals surface area (Å²) >= 11 is 0. The molecule has 0 spiro atoms. The summed E-state index contributed by atoms with van der Waals surface area (Å²) in [6.45, 7) is 7.22. The fourth-order valence-corrected chi connectivity index (χ4v) is 2.15.